The largest absolute Gasteiger partial charge is 0.356 e. The number of rotatable bonds is 5. The summed E-state index contributed by atoms with van der Waals surface area (Å²) in [6, 6.07) is 3.58. The van der Waals surface area contributed by atoms with E-state index in [1.165, 1.54) is 18.5 Å². The highest BCUT2D eigenvalue weighted by Gasteiger charge is 2.05. The molecule has 2 aromatic rings. The van der Waals surface area contributed by atoms with Crippen LogP contribution in [0.5, 0.6) is 0 Å². The Balaban J connectivity index is 0.00000264. The molecule has 126 valence electrons. The Bertz CT molecular complexity index is 658. The summed E-state index contributed by atoms with van der Waals surface area (Å²) in [7, 11) is 3.45. The topological polar surface area (TPSA) is 67.1 Å². The zero-order chi connectivity index (χ0) is 15.9. The maximum absolute atomic E-state index is 13.5. The van der Waals surface area contributed by atoms with Crippen LogP contribution in [-0.2, 0) is 20.0 Å². The summed E-state index contributed by atoms with van der Waals surface area (Å²) in [5.74, 6) is 0.234. The van der Waals surface area contributed by atoms with Gasteiger partial charge in [-0.05, 0) is 18.1 Å². The maximum atomic E-state index is 13.5. The van der Waals surface area contributed by atoms with Crippen LogP contribution in [-0.4, -0.2) is 34.3 Å². The van der Waals surface area contributed by atoms with Gasteiger partial charge in [-0.1, -0.05) is 6.07 Å². The van der Waals surface area contributed by atoms with E-state index in [-0.39, 0.29) is 24.0 Å². The molecule has 2 N–H and O–H groups in total. The summed E-state index contributed by atoms with van der Waals surface area (Å²) >= 11 is 0. The van der Waals surface area contributed by atoms with E-state index < -0.39 is 11.6 Å². The molecule has 0 aliphatic carbocycles. The van der Waals surface area contributed by atoms with Crippen LogP contribution in [0, 0.1) is 11.6 Å². The van der Waals surface area contributed by atoms with Crippen molar-refractivity contribution in [3.05, 3.63) is 47.5 Å². The van der Waals surface area contributed by atoms with Crippen molar-refractivity contribution >= 4 is 29.9 Å². The minimum absolute atomic E-state index is 0. The van der Waals surface area contributed by atoms with E-state index in [2.05, 4.69) is 25.7 Å². The molecular formula is C14H19F2IN6. The van der Waals surface area contributed by atoms with Crippen molar-refractivity contribution in [2.24, 2.45) is 12.0 Å². The molecule has 0 spiro atoms. The molecule has 0 aliphatic heterocycles. The van der Waals surface area contributed by atoms with Crippen molar-refractivity contribution in [2.75, 3.05) is 13.6 Å². The van der Waals surface area contributed by atoms with Gasteiger partial charge in [0.25, 0.3) is 0 Å². The van der Waals surface area contributed by atoms with Crippen LogP contribution in [0.2, 0.25) is 0 Å². The SMILES string of the molecule is CN=C(NCCc1ccc(F)cc1F)NCc1ncnn1C.I. The first-order valence-electron chi connectivity index (χ1n) is 6.81. The van der Waals surface area contributed by atoms with E-state index >= 15 is 0 Å². The van der Waals surface area contributed by atoms with Gasteiger partial charge in [0.2, 0.25) is 0 Å². The molecule has 6 nitrogen and oxygen atoms in total. The Morgan fingerprint density at radius 2 is 2.09 bits per heavy atom. The average molecular weight is 436 g/mol. The highest BCUT2D eigenvalue weighted by atomic mass is 127. The van der Waals surface area contributed by atoms with E-state index in [9.17, 15) is 8.78 Å². The van der Waals surface area contributed by atoms with E-state index in [1.807, 2.05) is 0 Å². The van der Waals surface area contributed by atoms with Gasteiger partial charge in [0.1, 0.15) is 23.8 Å². The smallest absolute Gasteiger partial charge is 0.191 e. The number of aromatic nitrogens is 3. The molecule has 0 saturated heterocycles. The molecule has 0 aliphatic rings. The lowest BCUT2D eigenvalue weighted by molar-refractivity contribution is 0.570. The monoisotopic (exact) mass is 436 g/mol. The standard InChI is InChI=1S/C14H18F2N6.HI/c1-17-14(19-8-13-20-9-21-22(13)2)18-6-5-10-3-4-11(15)7-12(10)16;/h3-4,7,9H,5-6,8H2,1-2H3,(H2,17,18,19);1H. The molecular weight excluding hydrogens is 417 g/mol. The Kier molecular flexibility index (Phi) is 7.86. The number of benzene rings is 1. The molecule has 23 heavy (non-hydrogen) atoms. The van der Waals surface area contributed by atoms with Gasteiger partial charge in [0.05, 0.1) is 6.54 Å². The van der Waals surface area contributed by atoms with Gasteiger partial charge in [0.15, 0.2) is 5.96 Å². The quantitative estimate of drug-likeness (QED) is 0.425. The molecule has 0 amide bonds. The molecule has 2 rings (SSSR count). The fourth-order valence-electron chi connectivity index (χ4n) is 1.90. The van der Waals surface area contributed by atoms with Crippen molar-refractivity contribution in [3.63, 3.8) is 0 Å². The number of halogens is 3. The van der Waals surface area contributed by atoms with Gasteiger partial charge in [-0.15, -0.1) is 24.0 Å². The second kappa shape index (κ2) is 9.38. The van der Waals surface area contributed by atoms with Crippen LogP contribution in [0.1, 0.15) is 11.4 Å². The van der Waals surface area contributed by atoms with Gasteiger partial charge < -0.3 is 10.6 Å². The molecule has 0 bridgehead atoms. The predicted octanol–water partition coefficient (Wildman–Crippen LogP) is 1.62. The van der Waals surface area contributed by atoms with Gasteiger partial charge in [-0.3, -0.25) is 9.67 Å². The summed E-state index contributed by atoms with van der Waals surface area (Å²) in [4.78, 5) is 8.16. The van der Waals surface area contributed by atoms with Gasteiger partial charge in [-0.25, -0.2) is 13.8 Å². The van der Waals surface area contributed by atoms with E-state index in [0.29, 0.717) is 31.0 Å². The normalized spacial score (nSPS) is 11.0. The fourth-order valence-corrected chi connectivity index (χ4v) is 1.90. The average Bonchev–Trinajstić information content (AvgIpc) is 2.90. The molecule has 9 heteroatoms. The third-order valence-corrected chi connectivity index (χ3v) is 3.14. The molecule has 1 heterocycles. The Morgan fingerprint density at radius 3 is 2.70 bits per heavy atom. The highest BCUT2D eigenvalue weighted by molar-refractivity contribution is 14.0. The Labute approximate surface area is 150 Å². The minimum atomic E-state index is -0.574. The van der Waals surface area contributed by atoms with Crippen molar-refractivity contribution in [2.45, 2.75) is 13.0 Å². The second-order valence-corrected chi connectivity index (χ2v) is 4.64. The van der Waals surface area contributed by atoms with Crippen LogP contribution < -0.4 is 10.6 Å². The van der Waals surface area contributed by atoms with Crippen molar-refractivity contribution < 1.29 is 8.78 Å². The summed E-state index contributed by atoms with van der Waals surface area (Å²) in [6.07, 6.45) is 1.90. The first-order valence-corrected chi connectivity index (χ1v) is 6.81. The lowest BCUT2D eigenvalue weighted by Crippen LogP contribution is -2.38. The highest BCUT2D eigenvalue weighted by Crippen LogP contribution is 2.09. The summed E-state index contributed by atoms with van der Waals surface area (Å²) in [5, 5.41) is 10.1. The molecule has 0 unspecified atom stereocenters. The summed E-state index contributed by atoms with van der Waals surface area (Å²) in [6.45, 7) is 0.947. The predicted molar refractivity (Wildman–Crippen MR) is 94.7 cm³/mol. The first kappa shape index (κ1) is 19.3. The third-order valence-electron chi connectivity index (χ3n) is 3.14. The third kappa shape index (κ3) is 5.73. The van der Waals surface area contributed by atoms with E-state index in [4.69, 9.17) is 0 Å². The van der Waals surface area contributed by atoms with Crippen LogP contribution >= 0.6 is 24.0 Å². The second-order valence-electron chi connectivity index (χ2n) is 4.64. The Hall–Kier alpha value is -1.78. The number of guanidine groups is 1. The number of nitrogens with zero attached hydrogens (tertiary/aromatic N) is 4. The summed E-state index contributed by atoms with van der Waals surface area (Å²) in [5.41, 5.74) is 0.456. The number of aliphatic imine (C=N–C) groups is 1. The first-order chi connectivity index (χ1) is 10.6. The molecule has 1 aromatic carbocycles. The molecule has 0 radical (unpaired) electrons. The lowest BCUT2D eigenvalue weighted by atomic mass is 10.1. The zero-order valence-corrected chi connectivity index (χ0v) is 15.2. The molecule has 0 fully saturated rings. The fraction of sp³-hybridized carbons (Fsp3) is 0.357. The van der Waals surface area contributed by atoms with E-state index in [1.54, 1.807) is 18.8 Å². The van der Waals surface area contributed by atoms with Gasteiger partial charge >= 0.3 is 0 Å². The van der Waals surface area contributed by atoms with Crippen molar-refractivity contribution in [1.29, 1.82) is 0 Å². The van der Waals surface area contributed by atoms with Crippen LogP contribution in [0.4, 0.5) is 8.78 Å². The maximum Gasteiger partial charge on any atom is 0.191 e. The van der Waals surface area contributed by atoms with Crippen molar-refractivity contribution in [1.82, 2.24) is 25.4 Å². The lowest BCUT2D eigenvalue weighted by Gasteiger charge is -2.11. The zero-order valence-electron chi connectivity index (χ0n) is 12.9. The van der Waals surface area contributed by atoms with E-state index in [0.717, 1.165) is 11.9 Å². The van der Waals surface area contributed by atoms with Crippen LogP contribution in [0.3, 0.4) is 0 Å². The Morgan fingerprint density at radius 1 is 1.30 bits per heavy atom. The van der Waals surface area contributed by atoms with Crippen molar-refractivity contribution in [3.8, 4) is 0 Å². The molecule has 1 aromatic heterocycles. The van der Waals surface area contributed by atoms with Crippen LogP contribution in [0.25, 0.3) is 0 Å². The number of nitrogens with one attached hydrogen (secondary N) is 2. The number of hydrogen-bond acceptors (Lipinski definition) is 3. The van der Waals surface area contributed by atoms with Crippen LogP contribution in [0.15, 0.2) is 29.5 Å². The number of hydrogen-bond donors (Lipinski definition) is 2. The number of aryl methyl sites for hydroxylation is 1. The van der Waals surface area contributed by atoms with Gasteiger partial charge in [0, 0.05) is 26.7 Å². The molecule has 0 atom stereocenters. The van der Waals surface area contributed by atoms with Gasteiger partial charge in [-0.2, -0.15) is 5.10 Å². The summed E-state index contributed by atoms with van der Waals surface area (Å²) < 4.78 is 28.0. The minimum Gasteiger partial charge on any atom is -0.356 e. The molecule has 0 saturated carbocycles.